The number of piperidine rings is 1. The Bertz CT molecular complexity index is 757. The Morgan fingerprint density at radius 2 is 2.19 bits per heavy atom. The van der Waals surface area contributed by atoms with Gasteiger partial charge in [0.05, 0.1) is 0 Å². The van der Waals surface area contributed by atoms with Gasteiger partial charge in [-0.15, -0.1) is 0 Å². The van der Waals surface area contributed by atoms with Crippen LogP contribution in [0.1, 0.15) is 54.4 Å². The van der Waals surface area contributed by atoms with E-state index in [9.17, 15) is 4.79 Å². The van der Waals surface area contributed by atoms with E-state index in [-0.39, 0.29) is 11.9 Å². The average molecular weight is 353 g/mol. The number of rotatable bonds is 4. The van der Waals surface area contributed by atoms with Crippen molar-refractivity contribution in [2.24, 2.45) is 5.92 Å². The first-order valence-corrected chi connectivity index (χ1v) is 9.57. The predicted molar refractivity (Wildman–Crippen MR) is 99.7 cm³/mol. The molecule has 0 radical (unpaired) electrons. The number of aromatic amines is 1. The molecule has 1 N–H and O–H groups in total. The van der Waals surface area contributed by atoms with Gasteiger partial charge in [-0.1, -0.05) is 19.9 Å². The first-order chi connectivity index (χ1) is 12.6. The topological polar surface area (TPSA) is 65.1 Å². The Balaban J connectivity index is 1.48. The van der Waals surface area contributed by atoms with Gasteiger partial charge in [-0.05, 0) is 42.4 Å². The Labute approximate surface area is 154 Å². The Hall–Kier alpha value is -2.21. The van der Waals surface area contributed by atoms with Crippen molar-refractivity contribution in [1.82, 2.24) is 25.0 Å². The van der Waals surface area contributed by atoms with Gasteiger partial charge in [0.15, 0.2) is 0 Å². The largest absolute Gasteiger partial charge is 0.333 e. The fourth-order valence-electron chi connectivity index (χ4n) is 4.20. The summed E-state index contributed by atoms with van der Waals surface area (Å²) in [5, 5.41) is 7.29. The summed E-state index contributed by atoms with van der Waals surface area (Å²) in [6.07, 6.45) is 6.04. The lowest BCUT2D eigenvalue weighted by atomic mass is 9.94. The molecule has 6 nitrogen and oxygen atoms in total. The fraction of sp³-hybridized carbons (Fsp3) is 0.550. The molecular formula is C20H27N5O. The van der Waals surface area contributed by atoms with Crippen LogP contribution in [-0.2, 0) is 6.54 Å². The zero-order valence-corrected chi connectivity index (χ0v) is 15.6. The summed E-state index contributed by atoms with van der Waals surface area (Å²) in [6.45, 7) is 7.93. The van der Waals surface area contributed by atoms with E-state index in [2.05, 4.69) is 44.9 Å². The highest BCUT2D eigenvalue weighted by Gasteiger charge is 2.38. The number of nitrogens with one attached hydrogen (secondary N) is 1. The minimum atomic E-state index is 0.0751. The summed E-state index contributed by atoms with van der Waals surface area (Å²) in [5.74, 6) is 0.962. The highest BCUT2D eigenvalue weighted by molar-refractivity contribution is 5.92. The minimum Gasteiger partial charge on any atom is -0.333 e. The van der Waals surface area contributed by atoms with Gasteiger partial charge in [-0.25, -0.2) is 0 Å². The molecule has 0 aromatic carbocycles. The van der Waals surface area contributed by atoms with Crippen LogP contribution in [0.3, 0.4) is 0 Å². The number of fused-ring (bicyclic) bond motifs is 4. The standard InChI is InChI=1S/C20H27N5O/c1-14(2)18-8-19(23-22-18)20(26)25-12-16-5-6-17(25)13-24(11-16)10-15-4-3-7-21-9-15/h3-4,7-9,14,16-17H,5-6,10-13H2,1-2H3,(H,22,23). The van der Waals surface area contributed by atoms with Crippen LogP contribution in [0.15, 0.2) is 30.6 Å². The first-order valence-electron chi connectivity index (χ1n) is 9.57. The quantitative estimate of drug-likeness (QED) is 0.918. The van der Waals surface area contributed by atoms with Crippen LogP contribution in [0.5, 0.6) is 0 Å². The summed E-state index contributed by atoms with van der Waals surface area (Å²) in [7, 11) is 0. The molecule has 2 bridgehead atoms. The normalized spacial score (nSPS) is 23.4. The van der Waals surface area contributed by atoms with Crippen LogP contribution < -0.4 is 0 Å². The van der Waals surface area contributed by atoms with Crippen molar-refractivity contribution in [2.45, 2.75) is 45.2 Å². The van der Waals surface area contributed by atoms with Crippen LogP contribution in [0, 0.1) is 5.92 Å². The molecular weight excluding hydrogens is 326 g/mol. The molecule has 2 atom stereocenters. The molecule has 0 aliphatic carbocycles. The van der Waals surface area contributed by atoms with Gasteiger partial charge < -0.3 is 4.90 Å². The molecule has 5 rings (SSSR count). The number of H-pyrrole nitrogens is 1. The third-order valence-corrected chi connectivity index (χ3v) is 5.62. The number of hydrogen-bond acceptors (Lipinski definition) is 4. The number of carbonyl (C=O) groups excluding carboxylic acids is 1. The molecule has 2 aromatic rings. The third-order valence-electron chi connectivity index (χ3n) is 5.62. The number of amides is 1. The van der Waals surface area contributed by atoms with Crippen molar-refractivity contribution in [1.29, 1.82) is 0 Å². The molecule has 3 aliphatic heterocycles. The van der Waals surface area contributed by atoms with Crippen molar-refractivity contribution in [2.75, 3.05) is 19.6 Å². The maximum Gasteiger partial charge on any atom is 0.274 e. The molecule has 3 saturated heterocycles. The second kappa shape index (κ2) is 7.19. The lowest BCUT2D eigenvalue weighted by Crippen LogP contribution is -2.47. The average Bonchev–Trinajstić information content (AvgIpc) is 2.98. The zero-order chi connectivity index (χ0) is 18.1. The SMILES string of the molecule is CC(C)c1cc(C(=O)N2CC3CCC2CN(Cc2cccnc2)C3)n[nH]1. The van der Waals surface area contributed by atoms with Crippen molar-refractivity contribution in [3.8, 4) is 0 Å². The number of pyridine rings is 1. The summed E-state index contributed by atoms with van der Waals surface area (Å²) >= 11 is 0. The van der Waals surface area contributed by atoms with Crippen molar-refractivity contribution in [3.05, 3.63) is 47.5 Å². The summed E-state index contributed by atoms with van der Waals surface area (Å²) in [4.78, 5) is 21.8. The fourth-order valence-corrected chi connectivity index (χ4v) is 4.20. The lowest BCUT2D eigenvalue weighted by molar-refractivity contribution is 0.0579. The van der Waals surface area contributed by atoms with E-state index < -0.39 is 0 Å². The van der Waals surface area contributed by atoms with E-state index in [1.807, 2.05) is 24.5 Å². The molecule has 3 fully saturated rings. The van der Waals surface area contributed by atoms with Crippen LogP contribution in [0.4, 0.5) is 0 Å². The zero-order valence-electron chi connectivity index (χ0n) is 15.6. The summed E-state index contributed by atoms with van der Waals surface area (Å²) < 4.78 is 0. The van der Waals surface area contributed by atoms with Crippen molar-refractivity contribution >= 4 is 5.91 Å². The van der Waals surface area contributed by atoms with E-state index in [0.717, 1.165) is 38.3 Å². The van der Waals surface area contributed by atoms with Crippen LogP contribution in [0.25, 0.3) is 0 Å². The molecule has 1 amide bonds. The van der Waals surface area contributed by atoms with Gasteiger partial charge in [-0.3, -0.25) is 19.8 Å². The van der Waals surface area contributed by atoms with Gasteiger partial charge in [0, 0.05) is 50.3 Å². The molecule has 2 aromatic heterocycles. The van der Waals surface area contributed by atoms with E-state index in [1.165, 1.54) is 12.0 Å². The number of hydrogen-bond donors (Lipinski definition) is 1. The lowest BCUT2D eigenvalue weighted by Gasteiger charge is -2.35. The van der Waals surface area contributed by atoms with Gasteiger partial charge in [0.2, 0.25) is 0 Å². The molecule has 138 valence electrons. The van der Waals surface area contributed by atoms with Crippen LogP contribution >= 0.6 is 0 Å². The molecule has 2 unspecified atom stereocenters. The second-order valence-electron chi connectivity index (χ2n) is 7.97. The molecule has 5 heterocycles. The van der Waals surface area contributed by atoms with Crippen LogP contribution in [0.2, 0.25) is 0 Å². The third kappa shape index (κ3) is 3.51. The van der Waals surface area contributed by atoms with E-state index >= 15 is 0 Å². The molecule has 0 spiro atoms. The minimum absolute atomic E-state index is 0.0751. The number of carbonyl (C=O) groups is 1. The van der Waals surface area contributed by atoms with Crippen molar-refractivity contribution in [3.63, 3.8) is 0 Å². The van der Waals surface area contributed by atoms with Gasteiger partial charge in [-0.2, -0.15) is 5.10 Å². The molecule has 26 heavy (non-hydrogen) atoms. The summed E-state index contributed by atoms with van der Waals surface area (Å²) in [5.41, 5.74) is 2.81. The molecule has 6 heteroatoms. The van der Waals surface area contributed by atoms with Crippen molar-refractivity contribution < 1.29 is 4.79 Å². The van der Waals surface area contributed by atoms with E-state index in [0.29, 0.717) is 17.5 Å². The first kappa shape index (κ1) is 17.2. The van der Waals surface area contributed by atoms with Crippen LogP contribution in [-0.4, -0.2) is 56.6 Å². The maximum atomic E-state index is 13.1. The Kier molecular flexibility index (Phi) is 4.76. The monoisotopic (exact) mass is 353 g/mol. The molecule has 0 saturated carbocycles. The number of nitrogens with zero attached hydrogens (tertiary/aromatic N) is 4. The Morgan fingerprint density at radius 1 is 1.31 bits per heavy atom. The van der Waals surface area contributed by atoms with Gasteiger partial charge in [0.25, 0.3) is 5.91 Å². The van der Waals surface area contributed by atoms with Gasteiger partial charge >= 0.3 is 0 Å². The highest BCUT2D eigenvalue weighted by atomic mass is 16.2. The highest BCUT2D eigenvalue weighted by Crippen LogP contribution is 2.30. The van der Waals surface area contributed by atoms with Gasteiger partial charge in [0.1, 0.15) is 5.69 Å². The second-order valence-corrected chi connectivity index (χ2v) is 7.97. The van der Waals surface area contributed by atoms with E-state index in [4.69, 9.17) is 0 Å². The molecule has 3 aliphatic rings. The Morgan fingerprint density at radius 3 is 2.92 bits per heavy atom. The maximum absolute atomic E-state index is 13.1. The number of aromatic nitrogens is 3. The summed E-state index contributed by atoms with van der Waals surface area (Å²) in [6, 6.07) is 6.30. The predicted octanol–water partition coefficient (Wildman–Crippen LogP) is 2.66. The smallest absolute Gasteiger partial charge is 0.274 e. The van der Waals surface area contributed by atoms with E-state index in [1.54, 1.807) is 0 Å².